The topological polar surface area (TPSA) is 126 Å². The van der Waals surface area contributed by atoms with Crippen LogP contribution < -0.4 is 15.5 Å². The minimum atomic E-state index is -1.04. The number of hydrogen-bond acceptors (Lipinski definition) is 7. The third-order valence-corrected chi connectivity index (χ3v) is 4.67. The maximum atomic E-state index is 14.0. The zero-order valence-electron chi connectivity index (χ0n) is 19.0. The second kappa shape index (κ2) is 13.8. The number of hydrogen-bond donors (Lipinski definition) is 4. The normalized spacial score (nSPS) is 13.3. The maximum absolute atomic E-state index is 14.0. The number of anilines is 1. The molecule has 0 heterocycles. The van der Waals surface area contributed by atoms with Crippen molar-refractivity contribution in [3.05, 3.63) is 83.5 Å². The summed E-state index contributed by atoms with van der Waals surface area (Å²) in [4.78, 5) is 23.8. The largest absolute Gasteiger partial charge is 0.491 e. The van der Waals surface area contributed by atoms with E-state index in [1.54, 1.807) is 31.2 Å². The molecule has 2 rings (SSSR count). The smallest absolute Gasteiger partial charge is 0.412 e. The molecule has 0 fully saturated rings. The minimum Gasteiger partial charge on any atom is -0.491 e. The first kappa shape index (κ1) is 27.4. The quantitative estimate of drug-likeness (QED) is 0.163. The number of allylic oxidation sites excluding steroid dienone is 2. The third-order valence-electron chi connectivity index (χ3n) is 4.67. The van der Waals surface area contributed by atoms with Crippen LogP contribution in [0.1, 0.15) is 18.6 Å². The molecule has 4 N–H and O–H groups in total. The van der Waals surface area contributed by atoms with Crippen molar-refractivity contribution in [2.45, 2.75) is 19.1 Å². The molecule has 35 heavy (non-hydrogen) atoms. The van der Waals surface area contributed by atoms with Crippen LogP contribution >= 0.6 is 0 Å². The number of nitrogens with one attached hydrogen (secondary N) is 2. The summed E-state index contributed by atoms with van der Waals surface area (Å²) in [6, 6.07) is 9.13. The van der Waals surface area contributed by atoms with Crippen molar-refractivity contribution in [2.75, 3.05) is 25.6 Å². The molecule has 2 atom stereocenters. The Kier molecular flexibility index (Phi) is 10.8. The molecule has 0 unspecified atom stereocenters. The van der Waals surface area contributed by atoms with Gasteiger partial charge < -0.3 is 19.3 Å². The molecular weight excluding hydrogens is 466 g/mol. The van der Waals surface area contributed by atoms with E-state index >= 15 is 0 Å². The van der Waals surface area contributed by atoms with Gasteiger partial charge in [-0.25, -0.2) is 19.1 Å². The van der Waals surface area contributed by atoms with Gasteiger partial charge in [0.1, 0.15) is 30.1 Å². The van der Waals surface area contributed by atoms with Gasteiger partial charge in [-0.05, 0) is 42.3 Å². The molecule has 2 aromatic rings. The Hall–Kier alpha value is -3.80. The molecule has 0 radical (unpaired) electrons. The Morgan fingerprint density at radius 2 is 1.86 bits per heavy atom. The van der Waals surface area contributed by atoms with Gasteiger partial charge in [0.05, 0.1) is 12.3 Å². The fraction of sp³-hybridized carbons (Fsp3) is 0.250. The van der Waals surface area contributed by atoms with E-state index in [0.29, 0.717) is 23.0 Å². The van der Waals surface area contributed by atoms with Crippen molar-refractivity contribution in [1.82, 2.24) is 5.48 Å². The van der Waals surface area contributed by atoms with Crippen LogP contribution in [-0.4, -0.2) is 48.7 Å². The first-order valence-electron chi connectivity index (χ1n) is 10.4. The van der Waals surface area contributed by atoms with Crippen LogP contribution in [0.15, 0.2) is 66.3 Å². The lowest BCUT2D eigenvalue weighted by Gasteiger charge is -2.27. The maximum Gasteiger partial charge on any atom is 0.412 e. The SMILES string of the molecule is CO[C@@H](/C(C)=C/C=C/C(=O)NO)[C@@H](OC(=O)Nc1ccc(F)cc1F)c1ccc(OCCO)cc1. The first-order valence-corrected chi connectivity index (χ1v) is 10.4. The number of carbonyl (C=O) groups is 2. The van der Waals surface area contributed by atoms with Gasteiger partial charge in [0.15, 0.2) is 6.10 Å². The van der Waals surface area contributed by atoms with E-state index in [4.69, 9.17) is 24.5 Å². The zero-order valence-corrected chi connectivity index (χ0v) is 19.0. The molecule has 0 aromatic heterocycles. The van der Waals surface area contributed by atoms with Crippen LogP contribution in [0.25, 0.3) is 0 Å². The fourth-order valence-corrected chi connectivity index (χ4v) is 3.04. The highest BCUT2D eigenvalue weighted by Crippen LogP contribution is 2.30. The number of amides is 2. The summed E-state index contributed by atoms with van der Waals surface area (Å²) in [6.07, 6.45) is 1.06. The highest BCUT2D eigenvalue weighted by Gasteiger charge is 2.29. The molecule has 9 nitrogen and oxygen atoms in total. The molecule has 0 saturated heterocycles. The number of hydroxylamine groups is 1. The molecule has 11 heteroatoms. The second-order valence-electron chi connectivity index (χ2n) is 7.12. The zero-order chi connectivity index (χ0) is 25.8. The van der Waals surface area contributed by atoms with Gasteiger partial charge >= 0.3 is 6.09 Å². The van der Waals surface area contributed by atoms with Crippen molar-refractivity contribution in [3.8, 4) is 5.75 Å². The molecule has 0 aliphatic rings. The molecule has 0 spiro atoms. The second-order valence-corrected chi connectivity index (χ2v) is 7.12. The molecular formula is C24H26F2N2O7. The van der Waals surface area contributed by atoms with E-state index in [-0.39, 0.29) is 18.9 Å². The Bertz CT molecular complexity index is 1060. The lowest BCUT2D eigenvalue weighted by Crippen LogP contribution is -2.29. The van der Waals surface area contributed by atoms with Crippen molar-refractivity contribution < 1.29 is 42.9 Å². The van der Waals surface area contributed by atoms with Crippen molar-refractivity contribution in [2.24, 2.45) is 0 Å². The van der Waals surface area contributed by atoms with E-state index in [1.807, 2.05) is 0 Å². The van der Waals surface area contributed by atoms with Gasteiger partial charge in [-0.1, -0.05) is 24.3 Å². The van der Waals surface area contributed by atoms with Gasteiger partial charge in [-0.15, -0.1) is 0 Å². The number of benzene rings is 2. The molecule has 0 aliphatic carbocycles. The predicted octanol–water partition coefficient (Wildman–Crippen LogP) is 3.65. The summed E-state index contributed by atoms with van der Waals surface area (Å²) in [6.45, 7) is 1.61. The van der Waals surface area contributed by atoms with E-state index in [9.17, 15) is 18.4 Å². The summed E-state index contributed by atoms with van der Waals surface area (Å²) in [7, 11) is 1.39. The van der Waals surface area contributed by atoms with Gasteiger partial charge in [-0.2, -0.15) is 0 Å². The summed E-state index contributed by atoms with van der Waals surface area (Å²) in [5.41, 5.74) is 2.22. The van der Waals surface area contributed by atoms with Crippen molar-refractivity contribution >= 4 is 17.7 Å². The van der Waals surface area contributed by atoms with Gasteiger partial charge in [0.2, 0.25) is 0 Å². The third kappa shape index (κ3) is 8.49. The number of aliphatic hydroxyl groups excluding tert-OH is 1. The van der Waals surface area contributed by atoms with Gasteiger partial charge in [0.25, 0.3) is 5.91 Å². The van der Waals surface area contributed by atoms with Crippen LogP contribution in [-0.2, 0) is 14.3 Å². The first-order chi connectivity index (χ1) is 16.8. The standard InChI is InChI=1S/C24H26F2N2O7/c1-15(4-3-5-21(30)28-32)22(33-2)23(16-6-9-18(10-7-16)34-13-12-29)35-24(31)27-20-11-8-17(25)14-19(20)26/h3-11,14,22-23,29,32H,12-13H2,1-2H3,(H,27,31)(H,28,30)/b5-3+,15-4+/t22-,23-/m0/s1. The Labute approximate surface area is 200 Å². The van der Waals surface area contributed by atoms with Crippen molar-refractivity contribution in [3.63, 3.8) is 0 Å². The van der Waals surface area contributed by atoms with Gasteiger partial charge in [0, 0.05) is 19.3 Å². The van der Waals surface area contributed by atoms with Crippen LogP contribution in [0.3, 0.4) is 0 Å². The molecule has 188 valence electrons. The number of halogens is 2. The monoisotopic (exact) mass is 492 g/mol. The van der Waals surface area contributed by atoms with Crippen LogP contribution in [0.4, 0.5) is 19.3 Å². The molecule has 0 aliphatic heterocycles. The van der Waals surface area contributed by atoms with E-state index in [0.717, 1.165) is 18.2 Å². The molecule has 2 amide bonds. The highest BCUT2D eigenvalue weighted by atomic mass is 19.1. The summed E-state index contributed by atoms with van der Waals surface area (Å²) in [5.74, 6) is -2.05. The molecule has 2 aromatic carbocycles. The van der Waals surface area contributed by atoms with Crippen molar-refractivity contribution in [1.29, 1.82) is 0 Å². The number of ether oxygens (including phenoxy) is 3. The number of carbonyl (C=O) groups excluding carboxylic acids is 2. The van der Waals surface area contributed by atoms with E-state index in [1.165, 1.54) is 24.7 Å². The van der Waals surface area contributed by atoms with Gasteiger partial charge in [-0.3, -0.25) is 15.3 Å². The summed E-state index contributed by atoms with van der Waals surface area (Å²) in [5, 5.41) is 19.7. The Morgan fingerprint density at radius 3 is 2.46 bits per heavy atom. The molecule has 0 saturated carbocycles. The lowest BCUT2D eigenvalue weighted by atomic mass is 9.98. The Morgan fingerprint density at radius 1 is 1.14 bits per heavy atom. The van der Waals surface area contributed by atoms with Crippen LogP contribution in [0, 0.1) is 11.6 Å². The van der Waals surface area contributed by atoms with Crippen LogP contribution in [0.2, 0.25) is 0 Å². The van der Waals surface area contributed by atoms with Crippen LogP contribution in [0.5, 0.6) is 5.75 Å². The average Bonchev–Trinajstić information content (AvgIpc) is 2.84. The minimum absolute atomic E-state index is 0.0984. The summed E-state index contributed by atoms with van der Waals surface area (Å²) < 4.78 is 43.6. The van der Waals surface area contributed by atoms with E-state index < -0.39 is 35.8 Å². The Balaban J connectivity index is 2.33. The average molecular weight is 492 g/mol. The predicted molar refractivity (Wildman–Crippen MR) is 122 cm³/mol. The fourth-order valence-electron chi connectivity index (χ4n) is 3.04. The lowest BCUT2D eigenvalue weighted by molar-refractivity contribution is -0.124. The number of aliphatic hydroxyl groups is 1. The highest BCUT2D eigenvalue weighted by molar-refractivity contribution is 5.86. The molecule has 0 bridgehead atoms. The van der Waals surface area contributed by atoms with E-state index in [2.05, 4.69) is 5.32 Å². The number of methoxy groups -OCH3 is 1. The number of rotatable bonds is 11. The summed E-state index contributed by atoms with van der Waals surface area (Å²) >= 11 is 0.